The van der Waals surface area contributed by atoms with Crippen molar-refractivity contribution in [2.45, 2.75) is 52.6 Å². The van der Waals surface area contributed by atoms with Crippen LogP contribution in [0.3, 0.4) is 0 Å². The molecule has 0 fully saturated rings. The zero-order chi connectivity index (χ0) is 12.9. The van der Waals surface area contributed by atoms with Gasteiger partial charge in [-0.05, 0) is 44.9 Å². The summed E-state index contributed by atoms with van der Waals surface area (Å²) < 4.78 is 5.74. The van der Waals surface area contributed by atoms with Crippen molar-refractivity contribution in [3.63, 3.8) is 0 Å². The monoisotopic (exact) mass is 234 g/mol. The minimum absolute atomic E-state index is 0.167. The van der Waals surface area contributed by atoms with Crippen LogP contribution in [-0.2, 0) is 11.2 Å². The van der Waals surface area contributed by atoms with Crippen LogP contribution in [0.4, 0.5) is 0 Å². The van der Waals surface area contributed by atoms with E-state index >= 15 is 0 Å². The van der Waals surface area contributed by atoms with E-state index < -0.39 is 0 Å². The van der Waals surface area contributed by atoms with Gasteiger partial charge in [0.25, 0.3) is 0 Å². The number of hydrogen-bond acceptors (Lipinski definition) is 2. The van der Waals surface area contributed by atoms with Gasteiger partial charge in [-0.3, -0.25) is 4.79 Å². The SMILES string of the molecule is CCC(=O)CCc1ccc(OC(C)(C)C)cc1. The van der Waals surface area contributed by atoms with Crippen LogP contribution in [0.25, 0.3) is 0 Å². The van der Waals surface area contributed by atoms with Crippen LogP contribution in [0.2, 0.25) is 0 Å². The highest BCUT2D eigenvalue weighted by atomic mass is 16.5. The van der Waals surface area contributed by atoms with Crippen molar-refractivity contribution in [3.8, 4) is 5.75 Å². The molecule has 1 aromatic carbocycles. The summed E-state index contributed by atoms with van der Waals surface area (Å²) in [5, 5.41) is 0. The summed E-state index contributed by atoms with van der Waals surface area (Å²) >= 11 is 0. The summed E-state index contributed by atoms with van der Waals surface area (Å²) in [7, 11) is 0. The summed E-state index contributed by atoms with van der Waals surface area (Å²) in [5.74, 6) is 1.20. The van der Waals surface area contributed by atoms with Gasteiger partial charge >= 0.3 is 0 Å². The first-order chi connectivity index (χ1) is 7.90. The Morgan fingerprint density at radius 2 is 1.76 bits per heavy atom. The lowest BCUT2D eigenvalue weighted by molar-refractivity contribution is -0.118. The van der Waals surface area contributed by atoms with Crippen molar-refractivity contribution in [2.24, 2.45) is 0 Å². The van der Waals surface area contributed by atoms with Gasteiger partial charge in [0.05, 0.1) is 0 Å². The van der Waals surface area contributed by atoms with Crippen LogP contribution in [0.1, 0.15) is 46.1 Å². The molecule has 0 spiro atoms. The molecule has 0 aromatic heterocycles. The van der Waals surface area contributed by atoms with Crippen LogP contribution in [0.5, 0.6) is 5.75 Å². The van der Waals surface area contributed by atoms with E-state index in [-0.39, 0.29) is 5.60 Å². The van der Waals surface area contributed by atoms with Gasteiger partial charge in [-0.15, -0.1) is 0 Å². The second-order valence-corrected chi connectivity index (χ2v) is 5.25. The molecule has 1 rings (SSSR count). The molecule has 0 bridgehead atoms. The smallest absolute Gasteiger partial charge is 0.132 e. The van der Waals surface area contributed by atoms with Crippen molar-refractivity contribution in [3.05, 3.63) is 29.8 Å². The molecule has 2 heteroatoms. The lowest BCUT2D eigenvalue weighted by Crippen LogP contribution is -2.22. The molecule has 0 saturated heterocycles. The molecule has 0 radical (unpaired) electrons. The molecule has 0 amide bonds. The standard InChI is InChI=1S/C15H22O2/c1-5-13(16)9-6-12-7-10-14(11-8-12)17-15(2,3)4/h7-8,10-11H,5-6,9H2,1-4H3. The van der Waals surface area contributed by atoms with Crippen LogP contribution in [-0.4, -0.2) is 11.4 Å². The van der Waals surface area contributed by atoms with Gasteiger partial charge in [0.2, 0.25) is 0 Å². The number of benzene rings is 1. The maximum atomic E-state index is 11.2. The van der Waals surface area contributed by atoms with E-state index in [1.165, 1.54) is 5.56 Å². The number of carbonyl (C=O) groups excluding carboxylic acids is 1. The Morgan fingerprint density at radius 3 is 2.24 bits per heavy atom. The van der Waals surface area contributed by atoms with Crippen molar-refractivity contribution in [2.75, 3.05) is 0 Å². The molecule has 0 unspecified atom stereocenters. The van der Waals surface area contributed by atoms with E-state index in [0.717, 1.165) is 12.2 Å². The zero-order valence-electron chi connectivity index (χ0n) is 11.2. The van der Waals surface area contributed by atoms with Crippen LogP contribution in [0.15, 0.2) is 24.3 Å². The first-order valence-corrected chi connectivity index (χ1v) is 6.20. The van der Waals surface area contributed by atoms with Gasteiger partial charge in [-0.25, -0.2) is 0 Å². The summed E-state index contributed by atoms with van der Waals surface area (Å²) in [6, 6.07) is 8.00. The molecule has 94 valence electrons. The van der Waals surface area contributed by atoms with Crippen molar-refractivity contribution in [1.29, 1.82) is 0 Å². The average Bonchev–Trinajstić information content (AvgIpc) is 2.25. The van der Waals surface area contributed by atoms with Gasteiger partial charge in [0.1, 0.15) is 17.1 Å². The molecule has 0 atom stereocenters. The molecule has 2 nitrogen and oxygen atoms in total. The maximum absolute atomic E-state index is 11.2. The third kappa shape index (κ3) is 5.53. The van der Waals surface area contributed by atoms with E-state index in [2.05, 4.69) is 0 Å². The first kappa shape index (κ1) is 13.8. The third-order valence-electron chi connectivity index (χ3n) is 2.43. The lowest BCUT2D eigenvalue weighted by atomic mass is 10.1. The fourth-order valence-corrected chi connectivity index (χ4v) is 1.54. The Hall–Kier alpha value is -1.31. The number of rotatable bonds is 5. The van der Waals surface area contributed by atoms with E-state index in [1.807, 2.05) is 52.0 Å². The quantitative estimate of drug-likeness (QED) is 0.775. The predicted molar refractivity (Wildman–Crippen MR) is 70.4 cm³/mol. The van der Waals surface area contributed by atoms with E-state index in [0.29, 0.717) is 18.6 Å². The fraction of sp³-hybridized carbons (Fsp3) is 0.533. The molecular weight excluding hydrogens is 212 g/mol. The molecule has 0 heterocycles. The van der Waals surface area contributed by atoms with Gasteiger partial charge in [-0.1, -0.05) is 19.1 Å². The second-order valence-electron chi connectivity index (χ2n) is 5.25. The molecule has 17 heavy (non-hydrogen) atoms. The van der Waals surface area contributed by atoms with Crippen molar-refractivity contribution in [1.82, 2.24) is 0 Å². The highest BCUT2D eigenvalue weighted by molar-refractivity contribution is 5.78. The molecular formula is C15H22O2. The van der Waals surface area contributed by atoms with E-state index in [1.54, 1.807) is 0 Å². The van der Waals surface area contributed by atoms with Gasteiger partial charge < -0.3 is 4.74 Å². The zero-order valence-corrected chi connectivity index (χ0v) is 11.2. The average molecular weight is 234 g/mol. The number of aryl methyl sites for hydroxylation is 1. The Morgan fingerprint density at radius 1 is 1.18 bits per heavy atom. The van der Waals surface area contributed by atoms with Crippen LogP contribution < -0.4 is 4.74 Å². The molecule has 0 aliphatic heterocycles. The largest absolute Gasteiger partial charge is 0.488 e. The highest BCUT2D eigenvalue weighted by Crippen LogP contribution is 2.19. The summed E-state index contributed by atoms with van der Waals surface area (Å²) in [6.07, 6.45) is 2.09. The summed E-state index contributed by atoms with van der Waals surface area (Å²) in [4.78, 5) is 11.2. The van der Waals surface area contributed by atoms with Crippen LogP contribution in [0, 0.1) is 0 Å². The van der Waals surface area contributed by atoms with E-state index in [4.69, 9.17) is 4.74 Å². The number of ether oxygens (including phenoxy) is 1. The lowest BCUT2D eigenvalue weighted by Gasteiger charge is -2.21. The van der Waals surface area contributed by atoms with Gasteiger partial charge in [-0.2, -0.15) is 0 Å². The highest BCUT2D eigenvalue weighted by Gasteiger charge is 2.11. The summed E-state index contributed by atoms with van der Waals surface area (Å²) in [6.45, 7) is 7.99. The molecule has 0 aliphatic rings. The van der Waals surface area contributed by atoms with Crippen LogP contribution >= 0.6 is 0 Å². The third-order valence-corrected chi connectivity index (χ3v) is 2.43. The Kier molecular flexibility index (Phi) is 4.73. The number of carbonyl (C=O) groups is 1. The van der Waals surface area contributed by atoms with Gasteiger partial charge in [0, 0.05) is 12.8 Å². The number of hydrogen-bond donors (Lipinski definition) is 0. The molecule has 0 N–H and O–H groups in total. The Bertz CT molecular complexity index is 358. The normalized spacial score (nSPS) is 11.3. The number of Topliss-reactive ketones (excluding diaryl/α,β-unsaturated/α-hetero) is 1. The number of ketones is 1. The van der Waals surface area contributed by atoms with E-state index in [9.17, 15) is 4.79 Å². The van der Waals surface area contributed by atoms with Gasteiger partial charge in [0.15, 0.2) is 0 Å². The molecule has 1 aromatic rings. The van der Waals surface area contributed by atoms with Crippen molar-refractivity contribution < 1.29 is 9.53 Å². The minimum Gasteiger partial charge on any atom is -0.488 e. The maximum Gasteiger partial charge on any atom is 0.132 e. The molecule has 0 saturated carbocycles. The first-order valence-electron chi connectivity index (χ1n) is 6.20. The topological polar surface area (TPSA) is 26.3 Å². The Balaban J connectivity index is 2.53. The Labute approximate surface area is 104 Å². The van der Waals surface area contributed by atoms with Crippen molar-refractivity contribution >= 4 is 5.78 Å². The predicted octanol–water partition coefficient (Wildman–Crippen LogP) is 3.78. The summed E-state index contributed by atoms with van der Waals surface area (Å²) in [5.41, 5.74) is 1.02. The minimum atomic E-state index is -0.167. The fourth-order valence-electron chi connectivity index (χ4n) is 1.54. The second kappa shape index (κ2) is 5.85. The molecule has 0 aliphatic carbocycles.